The van der Waals surface area contributed by atoms with Crippen LogP contribution in [-0.2, 0) is 21.1 Å². The monoisotopic (exact) mass is 400 g/mol. The summed E-state index contributed by atoms with van der Waals surface area (Å²) in [5.41, 5.74) is 1.04. The minimum Gasteiger partial charge on any atom is -0.299 e. The van der Waals surface area contributed by atoms with Gasteiger partial charge < -0.3 is 0 Å². The van der Waals surface area contributed by atoms with Crippen LogP contribution in [0, 0.1) is 11.8 Å². The van der Waals surface area contributed by atoms with Gasteiger partial charge in [-0.2, -0.15) is 0 Å². The Bertz CT molecular complexity index is 627. The van der Waals surface area contributed by atoms with E-state index in [1.54, 1.807) is 13.8 Å². The van der Waals surface area contributed by atoms with Gasteiger partial charge in [0.25, 0.3) is 0 Å². The number of hydrogen-bond acceptors (Lipinski definition) is 3. The molecule has 1 fully saturated rings. The zero-order valence-corrected chi connectivity index (χ0v) is 16.2. The highest BCUT2D eigenvalue weighted by atomic mass is 79.9. The standard InChI is InChI=1S/C18H25BrO3S/c1-13(2)23(21,22)12-15-3-7-16(8-4-15)18(20)11-14-5-9-17(19)10-6-14/h5-6,9-10,13,15-16H,3-4,7-8,11-12H2,1-2H3. The second-order valence-corrected chi connectivity index (χ2v) is 10.4. The SMILES string of the molecule is CC(C)S(=O)(=O)CC1CCC(C(=O)Cc2ccc(Br)cc2)CC1. The largest absolute Gasteiger partial charge is 0.299 e. The van der Waals surface area contributed by atoms with E-state index < -0.39 is 9.84 Å². The molecule has 0 N–H and O–H groups in total. The molecule has 0 aromatic heterocycles. The van der Waals surface area contributed by atoms with Gasteiger partial charge in [-0.05, 0) is 63.1 Å². The van der Waals surface area contributed by atoms with Gasteiger partial charge in [-0.25, -0.2) is 8.42 Å². The zero-order chi connectivity index (χ0) is 17.0. The molecule has 0 atom stereocenters. The first-order chi connectivity index (χ1) is 10.8. The van der Waals surface area contributed by atoms with Crippen LogP contribution in [0.3, 0.4) is 0 Å². The van der Waals surface area contributed by atoms with Crippen molar-refractivity contribution in [2.45, 2.75) is 51.2 Å². The Balaban J connectivity index is 1.84. The van der Waals surface area contributed by atoms with Crippen LogP contribution in [0.2, 0.25) is 0 Å². The van der Waals surface area contributed by atoms with Crippen molar-refractivity contribution in [1.29, 1.82) is 0 Å². The Morgan fingerprint density at radius 2 is 1.70 bits per heavy atom. The van der Waals surface area contributed by atoms with Gasteiger partial charge in [-0.15, -0.1) is 0 Å². The van der Waals surface area contributed by atoms with E-state index >= 15 is 0 Å². The van der Waals surface area contributed by atoms with Crippen LogP contribution in [0.4, 0.5) is 0 Å². The molecule has 0 aliphatic heterocycles. The van der Waals surface area contributed by atoms with E-state index in [0.29, 0.717) is 6.42 Å². The summed E-state index contributed by atoms with van der Waals surface area (Å²) in [6.07, 6.45) is 3.83. The third-order valence-electron chi connectivity index (χ3n) is 4.78. The van der Waals surface area contributed by atoms with Gasteiger partial charge in [0.05, 0.1) is 11.0 Å². The highest BCUT2D eigenvalue weighted by molar-refractivity contribution is 9.10. The lowest BCUT2D eigenvalue weighted by Crippen LogP contribution is -2.29. The smallest absolute Gasteiger partial charge is 0.152 e. The third kappa shape index (κ3) is 5.42. The van der Waals surface area contributed by atoms with Crippen molar-refractivity contribution in [3.8, 4) is 0 Å². The Morgan fingerprint density at radius 1 is 1.13 bits per heavy atom. The molecule has 1 aromatic rings. The van der Waals surface area contributed by atoms with E-state index in [2.05, 4.69) is 15.9 Å². The van der Waals surface area contributed by atoms with E-state index in [1.165, 1.54) is 0 Å². The summed E-state index contributed by atoms with van der Waals surface area (Å²) in [6.45, 7) is 3.48. The Morgan fingerprint density at radius 3 is 2.22 bits per heavy atom. The van der Waals surface area contributed by atoms with Crippen LogP contribution in [-0.4, -0.2) is 25.2 Å². The van der Waals surface area contributed by atoms with E-state index in [9.17, 15) is 13.2 Å². The molecule has 23 heavy (non-hydrogen) atoms. The lowest BCUT2D eigenvalue weighted by atomic mass is 9.79. The van der Waals surface area contributed by atoms with Crippen LogP contribution < -0.4 is 0 Å². The Hall–Kier alpha value is -0.680. The van der Waals surface area contributed by atoms with Gasteiger partial charge in [0.15, 0.2) is 9.84 Å². The molecule has 128 valence electrons. The first-order valence-corrected chi connectivity index (χ1v) is 10.8. The zero-order valence-electron chi connectivity index (χ0n) is 13.8. The van der Waals surface area contributed by atoms with E-state index in [1.807, 2.05) is 24.3 Å². The number of carbonyl (C=O) groups is 1. The van der Waals surface area contributed by atoms with Gasteiger partial charge in [0, 0.05) is 16.8 Å². The van der Waals surface area contributed by atoms with Crippen LogP contribution in [0.5, 0.6) is 0 Å². The number of Topliss-reactive ketones (excluding diaryl/α,β-unsaturated/α-hetero) is 1. The Kier molecular flexibility index (Phi) is 6.43. The predicted octanol–water partition coefficient (Wildman–Crippen LogP) is 4.19. The predicted molar refractivity (Wildman–Crippen MR) is 97.2 cm³/mol. The fourth-order valence-electron chi connectivity index (χ4n) is 3.12. The van der Waals surface area contributed by atoms with Crippen molar-refractivity contribution in [2.75, 3.05) is 5.75 Å². The average molecular weight is 401 g/mol. The summed E-state index contributed by atoms with van der Waals surface area (Å²) >= 11 is 3.39. The summed E-state index contributed by atoms with van der Waals surface area (Å²) in [5.74, 6) is 0.881. The van der Waals surface area contributed by atoms with Crippen LogP contribution in [0.15, 0.2) is 28.7 Å². The molecule has 0 spiro atoms. The summed E-state index contributed by atoms with van der Waals surface area (Å²) in [4.78, 5) is 12.4. The summed E-state index contributed by atoms with van der Waals surface area (Å²) in [6, 6.07) is 7.86. The molecule has 2 rings (SSSR count). The normalized spacial score (nSPS) is 22.3. The molecule has 0 unspecified atom stereocenters. The van der Waals surface area contributed by atoms with Gasteiger partial charge in [-0.1, -0.05) is 28.1 Å². The molecule has 0 bridgehead atoms. The van der Waals surface area contributed by atoms with Gasteiger partial charge >= 0.3 is 0 Å². The molecule has 1 saturated carbocycles. The second-order valence-electron chi connectivity index (χ2n) is 6.87. The van der Waals surface area contributed by atoms with Crippen LogP contribution >= 0.6 is 15.9 Å². The highest BCUT2D eigenvalue weighted by Crippen LogP contribution is 2.31. The van der Waals surface area contributed by atoms with Gasteiger partial charge in [0.2, 0.25) is 0 Å². The molecule has 0 heterocycles. The fourth-order valence-corrected chi connectivity index (χ4v) is 4.76. The lowest BCUT2D eigenvalue weighted by Gasteiger charge is -2.28. The number of benzene rings is 1. The minimum atomic E-state index is -2.98. The molecule has 5 heteroatoms. The molecule has 0 amide bonds. The number of sulfone groups is 1. The van der Waals surface area contributed by atoms with Crippen molar-refractivity contribution >= 4 is 31.6 Å². The molecule has 0 radical (unpaired) electrons. The Labute approximate surface area is 147 Å². The van der Waals surface area contributed by atoms with E-state index in [4.69, 9.17) is 0 Å². The molecule has 1 aromatic carbocycles. The quantitative estimate of drug-likeness (QED) is 0.718. The lowest BCUT2D eigenvalue weighted by molar-refractivity contribution is -0.123. The van der Waals surface area contributed by atoms with Crippen molar-refractivity contribution < 1.29 is 13.2 Å². The maximum atomic E-state index is 12.4. The summed E-state index contributed by atoms with van der Waals surface area (Å²) in [7, 11) is -2.98. The number of halogens is 1. The molecular formula is C18H25BrO3S. The average Bonchev–Trinajstić information content (AvgIpc) is 2.49. The molecule has 1 aliphatic rings. The van der Waals surface area contributed by atoms with E-state index in [0.717, 1.165) is 35.7 Å². The van der Waals surface area contributed by atoms with Crippen LogP contribution in [0.25, 0.3) is 0 Å². The topological polar surface area (TPSA) is 51.2 Å². The van der Waals surface area contributed by atoms with Crippen molar-refractivity contribution in [2.24, 2.45) is 11.8 Å². The van der Waals surface area contributed by atoms with Gasteiger partial charge in [-0.3, -0.25) is 4.79 Å². The number of rotatable bonds is 6. The molecule has 1 aliphatic carbocycles. The first-order valence-electron chi connectivity index (χ1n) is 8.26. The van der Waals surface area contributed by atoms with E-state index in [-0.39, 0.29) is 28.6 Å². The molecule has 3 nitrogen and oxygen atoms in total. The third-order valence-corrected chi connectivity index (χ3v) is 7.68. The summed E-state index contributed by atoms with van der Waals surface area (Å²) in [5, 5.41) is -0.306. The van der Waals surface area contributed by atoms with Gasteiger partial charge in [0.1, 0.15) is 5.78 Å². The van der Waals surface area contributed by atoms with Crippen molar-refractivity contribution in [1.82, 2.24) is 0 Å². The fraction of sp³-hybridized carbons (Fsp3) is 0.611. The number of ketones is 1. The highest BCUT2D eigenvalue weighted by Gasteiger charge is 2.29. The van der Waals surface area contributed by atoms with Crippen LogP contribution in [0.1, 0.15) is 45.1 Å². The number of hydrogen-bond donors (Lipinski definition) is 0. The van der Waals surface area contributed by atoms with Crippen molar-refractivity contribution in [3.63, 3.8) is 0 Å². The number of carbonyl (C=O) groups excluding carboxylic acids is 1. The second kappa shape index (κ2) is 7.93. The summed E-state index contributed by atoms with van der Waals surface area (Å²) < 4.78 is 25.0. The molecule has 0 saturated heterocycles. The maximum Gasteiger partial charge on any atom is 0.152 e. The van der Waals surface area contributed by atoms with Crippen molar-refractivity contribution in [3.05, 3.63) is 34.3 Å². The first kappa shape index (κ1) is 18.7. The molecular weight excluding hydrogens is 376 g/mol. The maximum absolute atomic E-state index is 12.4. The minimum absolute atomic E-state index is 0.0941.